The lowest BCUT2D eigenvalue weighted by Gasteiger charge is -2.21. The van der Waals surface area contributed by atoms with Crippen molar-refractivity contribution in [1.29, 1.82) is 0 Å². The largest absolute Gasteiger partial charge is 0.490 e. The first-order chi connectivity index (χ1) is 15.2. The van der Waals surface area contributed by atoms with Gasteiger partial charge in [0.2, 0.25) is 0 Å². The lowest BCUT2D eigenvalue weighted by atomic mass is 10.2. The van der Waals surface area contributed by atoms with Crippen LogP contribution in [0.4, 0.5) is 24.8 Å². The van der Waals surface area contributed by atoms with Crippen molar-refractivity contribution in [3.05, 3.63) is 34.5 Å². The summed E-state index contributed by atoms with van der Waals surface area (Å²) in [6.07, 6.45) is -0.0623. The Balaban J connectivity index is 0.000000360. The first kappa shape index (κ1) is 23.5. The fourth-order valence-corrected chi connectivity index (χ4v) is 3.89. The number of alkyl halides is 3. The summed E-state index contributed by atoms with van der Waals surface area (Å²) in [5.74, 6) is -1.33. The quantitative estimate of drug-likeness (QED) is 0.594. The van der Waals surface area contributed by atoms with E-state index in [1.165, 1.54) is 37.0 Å². The van der Waals surface area contributed by atoms with Crippen LogP contribution in [0.25, 0.3) is 11.0 Å². The second-order valence-corrected chi connectivity index (χ2v) is 8.10. The van der Waals surface area contributed by atoms with E-state index in [-0.39, 0.29) is 5.91 Å². The maximum atomic E-state index is 12.3. The van der Waals surface area contributed by atoms with Crippen LogP contribution in [0.2, 0.25) is 0 Å². The van der Waals surface area contributed by atoms with Gasteiger partial charge >= 0.3 is 12.1 Å². The number of hydrogen-bond donors (Lipinski definition) is 2. The van der Waals surface area contributed by atoms with Gasteiger partial charge in [0.25, 0.3) is 5.91 Å². The molecule has 0 bridgehead atoms. The summed E-state index contributed by atoms with van der Waals surface area (Å²) in [6, 6.07) is 7.72. The van der Waals surface area contributed by atoms with Crippen LogP contribution in [-0.2, 0) is 11.8 Å². The Morgan fingerprint density at radius 1 is 1.12 bits per heavy atom. The molecule has 0 radical (unpaired) electrons. The number of carboxylic acid groups (broad SMARTS) is 1. The molecule has 4 heterocycles. The smallest absolute Gasteiger partial charge is 0.475 e. The third-order valence-electron chi connectivity index (χ3n) is 4.82. The Hall–Kier alpha value is -3.15. The highest BCUT2D eigenvalue weighted by Crippen LogP contribution is 2.26. The van der Waals surface area contributed by atoms with Gasteiger partial charge in [-0.15, -0.1) is 11.3 Å². The van der Waals surface area contributed by atoms with Crippen molar-refractivity contribution in [3.8, 4) is 0 Å². The van der Waals surface area contributed by atoms with Gasteiger partial charge in [-0.2, -0.15) is 18.3 Å². The second-order valence-electron chi connectivity index (χ2n) is 7.15. The van der Waals surface area contributed by atoms with Crippen molar-refractivity contribution >= 4 is 45.9 Å². The topological polar surface area (TPSA) is 100 Å². The molecule has 0 spiro atoms. The highest BCUT2D eigenvalue weighted by Gasteiger charge is 2.38. The van der Waals surface area contributed by atoms with Crippen molar-refractivity contribution in [3.63, 3.8) is 0 Å². The molecule has 1 saturated heterocycles. The van der Waals surface area contributed by atoms with Crippen LogP contribution >= 0.6 is 11.3 Å². The van der Waals surface area contributed by atoms with E-state index in [1.54, 1.807) is 10.7 Å². The summed E-state index contributed by atoms with van der Waals surface area (Å²) in [7, 11) is 1.86. The van der Waals surface area contributed by atoms with E-state index < -0.39 is 12.1 Å². The molecule has 0 aromatic carbocycles. The summed E-state index contributed by atoms with van der Waals surface area (Å²) in [6.45, 7) is 2.11. The molecule has 3 aromatic rings. The molecule has 12 heteroatoms. The molecule has 0 saturated carbocycles. The minimum atomic E-state index is -5.08. The molecule has 3 aromatic heterocycles. The van der Waals surface area contributed by atoms with Gasteiger partial charge < -0.3 is 15.3 Å². The van der Waals surface area contributed by atoms with Crippen molar-refractivity contribution in [2.45, 2.75) is 31.9 Å². The van der Waals surface area contributed by atoms with Crippen LogP contribution in [0.5, 0.6) is 0 Å². The Labute approximate surface area is 185 Å². The van der Waals surface area contributed by atoms with Crippen LogP contribution in [0, 0.1) is 0 Å². The Morgan fingerprint density at radius 2 is 1.78 bits per heavy atom. The number of nitrogens with one attached hydrogen (secondary N) is 1. The van der Waals surface area contributed by atoms with Gasteiger partial charge in [-0.05, 0) is 36.4 Å². The van der Waals surface area contributed by atoms with Gasteiger partial charge in [-0.3, -0.25) is 4.79 Å². The number of carboxylic acids is 1. The van der Waals surface area contributed by atoms with Crippen LogP contribution in [0.1, 0.15) is 35.4 Å². The number of hydrogen-bond acceptors (Lipinski definition) is 6. The number of anilines is 2. The zero-order valence-corrected chi connectivity index (χ0v) is 18.0. The van der Waals surface area contributed by atoms with Crippen LogP contribution in [0.15, 0.2) is 29.6 Å². The summed E-state index contributed by atoms with van der Waals surface area (Å²) in [5.41, 5.74) is 0.795. The second kappa shape index (κ2) is 9.98. The number of pyridine rings is 1. The Kier molecular flexibility index (Phi) is 7.33. The summed E-state index contributed by atoms with van der Waals surface area (Å²) < 4.78 is 33.5. The van der Waals surface area contributed by atoms with Gasteiger partial charge in [-0.1, -0.05) is 18.9 Å². The number of carbonyl (C=O) groups excluding carboxylic acids is 1. The number of amides is 1. The normalized spacial score (nSPS) is 14.4. The maximum absolute atomic E-state index is 12.3. The maximum Gasteiger partial charge on any atom is 0.490 e. The van der Waals surface area contributed by atoms with Gasteiger partial charge in [0, 0.05) is 20.1 Å². The molecule has 0 unspecified atom stereocenters. The summed E-state index contributed by atoms with van der Waals surface area (Å²) >= 11 is 1.42. The minimum Gasteiger partial charge on any atom is -0.475 e. The van der Waals surface area contributed by atoms with E-state index in [1.807, 2.05) is 30.6 Å². The number of aryl methyl sites for hydroxylation is 1. The SMILES string of the molecule is Cn1nc(NC(=O)c2cccs2)c2ccc(N3CCCCCC3)nc21.O=C(O)C(F)(F)F. The zero-order chi connectivity index (χ0) is 23.3. The molecule has 1 aliphatic heterocycles. The lowest BCUT2D eigenvalue weighted by molar-refractivity contribution is -0.192. The molecule has 1 amide bonds. The predicted molar refractivity (Wildman–Crippen MR) is 115 cm³/mol. The van der Waals surface area contributed by atoms with Gasteiger partial charge in [0.15, 0.2) is 11.5 Å². The molecule has 8 nitrogen and oxygen atoms in total. The van der Waals surface area contributed by atoms with Gasteiger partial charge in [-0.25, -0.2) is 14.5 Å². The Bertz CT molecular complexity index is 1070. The van der Waals surface area contributed by atoms with Crippen LogP contribution in [-0.4, -0.2) is 51.0 Å². The molecule has 172 valence electrons. The molecule has 1 aliphatic rings. The first-order valence-electron chi connectivity index (χ1n) is 9.90. The number of fused-ring (bicyclic) bond motifs is 1. The predicted octanol–water partition coefficient (Wildman–Crippen LogP) is 4.30. The number of rotatable bonds is 3. The highest BCUT2D eigenvalue weighted by molar-refractivity contribution is 7.12. The first-order valence-corrected chi connectivity index (χ1v) is 10.8. The van der Waals surface area contributed by atoms with Crippen molar-refractivity contribution in [1.82, 2.24) is 14.8 Å². The van der Waals surface area contributed by atoms with Crippen LogP contribution in [0.3, 0.4) is 0 Å². The lowest BCUT2D eigenvalue weighted by Crippen LogP contribution is -2.24. The zero-order valence-electron chi connectivity index (χ0n) is 17.2. The Morgan fingerprint density at radius 3 is 2.34 bits per heavy atom. The van der Waals surface area contributed by atoms with E-state index in [0.717, 1.165) is 29.9 Å². The highest BCUT2D eigenvalue weighted by atomic mass is 32.1. The van der Waals surface area contributed by atoms with Crippen molar-refractivity contribution in [2.24, 2.45) is 7.05 Å². The van der Waals surface area contributed by atoms with Crippen LogP contribution < -0.4 is 10.2 Å². The molecular weight excluding hydrogens is 447 g/mol. The van der Waals surface area contributed by atoms with E-state index >= 15 is 0 Å². The molecule has 32 heavy (non-hydrogen) atoms. The molecule has 4 rings (SSSR count). The minimum absolute atomic E-state index is 0.133. The fraction of sp³-hybridized carbons (Fsp3) is 0.400. The summed E-state index contributed by atoms with van der Waals surface area (Å²) in [5, 5.41) is 17.2. The van der Waals surface area contributed by atoms with E-state index in [4.69, 9.17) is 14.9 Å². The average Bonchev–Trinajstić information content (AvgIpc) is 3.28. The molecular formula is C20H22F3N5O3S. The van der Waals surface area contributed by atoms with Crippen molar-refractivity contribution < 1.29 is 27.9 Å². The monoisotopic (exact) mass is 469 g/mol. The molecule has 0 atom stereocenters. The van der Waals surface area contributed by atoms with Crippen molar-refractivity contribution in [2.75, 3.05) is 23.3 Å². The third kappa shape index (κ3) is 5.75. The summed E-state index contributed by atoms with van der Waals surface area (Å²) in [4.78, 5) is 29.0. The van der Waals surface area contributed by atoms with Gasteiger partial charge in [0.05, 0.1) is 10.3 Å². The number of aliphatic carboxylic acids is 1. The van der Waals surface area contributed by atoms with E-state index in [0.29, 0.717) is 10.7 Å². The number of nitrogens with zero attached hydrogens (tertiary/aromatic N) is 4. The molecule has 0 aliphatic carbocycles. The molecule has 1 fully saturated rings. The number of thiophene rings is 1. The van der Waals surface area contributed by atoms with E-state index in [9.17, 15) is 18.0 Å². The van der Waals surface area contributed by atoms with Gasteiger partial charge in [0.1, 0.15) is 5.82 Å². The standard InChI is InChI=1S/C18H21N5OS.C2HF3O2/c1-22-17-13(16(21-22)20-18(24)14-7-6-12-25-14)8-9-15(19-17)23-10-4-2-3-5-11-23;3-2(4,5)1(6)7/h6-9,12H,2-5,10-11H2,1H3,(H,20,21,24);(H,6,7). The number of carbonyl (C=O) groups is 2. The number of halogens is 3. The number of aromatic nitrogens is 3. The van der Waals surface area contributed by atoms with E-state index in [2.05, 4.69) is 15.3 Å². The third-order valence-corrected chi connectivity index (χ3v) is 5.69. The fourth-order valence-electron chi connectivity index (χ4n) is 3.27. The molecule has 2 N–H and O–H groups in total. The average molecular weight is 469 g/mol.